The Hall–Kier alpha value is -2.57. The van der Waals surface area contributed by atoms with E-state index >= 15 is 0 Å². The van der Waals surface area contributed by atoms with Crippen LogP contribution in [0.3, 0.4) is 0 Å². The lowest BCUT2D eigenvalue weighted by Crippen LogP contribution is -2.56. The fourth-order valence-corrected chi connectivity index (χ4v) is 4.32. The first kappa shape index (κ1) is 17.8. The summed E-state index contributed by atoms with van der Waals surface area (Å²) in [5, 5.41) is 3.98. The summed E-state index contributed by atoms with van der Waals surface area (Å²) < 4.78 is 10.5. The number of likely N-dealkylation sites (tertiary alicyclic amines) is 2. The van der Waals surface area contributed by atoms with Crippen LogP contribution in [0.15, 0.2) is 33.4 Å². The minimum atomic E-state index is -0.0670. The predicted octanol–water partition coefficient (Wildman–Crippen LogP) is 2.99. The van der Waals surface area contributed by atoms with Gasteiger partial charge in [0.25, 0.3) is 11.8 Å². The number of rotatable bonds is 4. The number of hydrogen-bond donors (Lipinski definition) is 0. The molecule has 27 heavy (non-hydrogen) atoms. The Labute approximate surface area is 158 Å². The van der Waals surface area contributed by atoms with E-state index in [1.807, 2.05) is 9.80 Å². The topological polar surface area (TPSA) is 79.8 Å². The van der Waals surface area contributed by atoms with Gasteiger partial charge in [-0.2, -0.15) is 0 Å². The number of furan rings is 1. The number of aromatic nitrogens is 1. The molecule has 0 aliphatic carbocycles. The van der Waals surface area contributed by atoms with Gasteiger partial charge in [0.1, 0.15) is 5.76 Å². The van der Waals surface area contributed by atoms with Crippen molar-refractivity contribution >= 4 is 11.8 Å². The Bertz CT molecular complexity index is 798. The molecule has 2 aromatic heterocycles. The van der Waals surface area contributed by atoms with Gasteiger partial charge in [0.15, 0.2) is 11.5 Å². The van der Waals surface area contributed by atoms with Gasteiger partial charge in [-0.3, -0.25) is 9.59 Å². The van der Waals surface area contributed by atoms with Crippen molar-refractivity contribution in [2.75, 3.05) is 19.6 Å². The van der Waals surface area contributed by atoms with Gasteiger partial charge in [-0.25, -0.2) is 0 Å². The van der Waals surface area contributed by atoms with E-state index in [2.05, 4.69) is 12.1 Å². The second-order valence-electron chi connectivity index (χ2n) is 7.41. The van der Waals surface area contributed by atoms with Crippen molar-refractivity contribution in [2.45, 2.75) is 45.1 Å². The van der Waals surface area contributed by atoms with Gasteiger partial charge in [0.2, 0.25) is 0 Å². The highest BCUT2D eigenvalue weighted by Gasteiger charge is 2.40. The number of hydrogen-bond acceptors (Lipinski definition) is 5. The minimum Gasteiger partial charge on any atom is -0.459 e. The molecule has 2 amide bonds. The fourth-order valence-electron chi connectivity index (χ4n) is 4.32. The lowest BCUT2D eigenvalue weighted by atomic mass is 9.83. The highest BCUT2D eigenvalue weighted by atomic mass is 16.5. The van der Waals surface area contributed by atoms with Crippen molar-refractivity contribution in [3.8, 4) is 0 Å². The first-order valence-corrected chi connectivity index (χ1v) is 9.76. The number of nitrogens with zero attached hydrogens (tertiary/aromatic N) is 3. The Morgan fingerprint density at radius 2 is 2.15 bits per heavy atom. The van der Waals surface area contributed by atoms with E-state index in [0.29, 0.717) is 24.5 Å². The average Bonchev–Trinajstić information content (AvgIpc) is 3.38. The third-order valence-electron chi connectivity index (χ3n) is 5.62. The van der Waals surface area contributed by atoms with Crippen LogP contribution in [0.25, 0.3) is 0 Å². The zero-order valence-electron chi connectivity index (χ0n) is 15.6. The molecule has 0 unspecified atom stereocenters. The van der Waals surface area contributed by atoms with E-state index in [9.17, 15) is 9.59 Å². The molecule has 0 spiro atoms. The maximum absolute atomic E-state index is 13.0. The van der Waals surface area contributed by atoms with Gasteiger partial charge in [-0.15, -0.1) is 0 Å². The molecule has 2 aliphatic heterocycles. The van der Waals surface area contributed by atoms with Crippen LogP contribution >= 0.6 is 0 Å². The quantitative estimate of drug-likeness (QED) is 0.825. The summed E-state index contributed by atoms with van der Waals surface area (Å²) in [5.74, 6) is 1.30. The molecule has 2 aromatic rings. The molecular weight excluding hydrogens is 346 g/mol. The van der Waals surface area contributed by atoms with Gasteiger partial charge in [0.05, 0.1) is 6.26 Å². The summed E-state index contributed by atoms with van der Waals surface area (Å²) >= 11 is 0. The second-order valence-corrected chi connectivity index (χ2v) is 7.41. The maximum Gasteiger partial charge on any atom is 0.289 e. The van der Waals surface area contributed by atoms with Gasteiger partial charge < -0.3 is 18.7 Å². The third kappa shape index (κ3) is 3.50. The first-order chi connectivity index (χ1) is 13.2. The lowest BCUT2D eigenvalue weighted by molar-refractivity contribution is 0.0182. The van der Waals surface area contributed by atoms with Crippen LogP contribution in [0.4, 0.5) is 0 Å². The molecule has 2 fully saturated rings. The Morgan fingerprint density at radius 1 is 1.26 bits per heavy atom. The van der Waals surface area contributed by atoms with E-state index in [0.717, 1.165) is 44.4 Å². The number of aryl methyl sites for hydroxylation is 1. The molecule has 2 saturated heterocycles. The molecule has 144 valence electrons. The number of carbonyl (C=O) groups is 2. The van der Waals surface area contributed by atoms with Gasteiger partial charge in [-0.05, 0) is 43.7 Å². The van der Waals surface area contributed by atoms with E-state index < -0.39 is 0 Å². The van der Waals surface area contributed by atoms with Gasteiger partial charge >= 0.3 is 0 Å². The van der Waals surface area contributed by atoms with E-state index in [1.54, 1.807) is 18.2 Å². The maximum atomic E-state index is 13.0. The van der Waals surface area contributed by atoms with Crippen LogP contribution < -0.4 is 0 Å². The summed E-state index contributed by atoms with van der Waals surface area (Å²) in [6, 6.07) is 5.35. The van der Waals surface area contributed by atoms with Crippen molar-refractivity contribution in [1.29, 1.82) is 0 Å². The number of piperidine rings is 2. The van der Waals surface area contributed by atoms with Crippen LogP contribution in [0.2, 0.25) is 0 Å². The van der Waals surface area contributed by atoms with Crippen LogP contribution in [-0.2, 0) is 6.42 Å². The molecule has 0 saturated carbocycles. The first-order valence-electron chi connectivity index (χ1n) is 9.76. The van der Waals surface area contributed by atoms with Gasteiger partial charge in [0, 0.05) is 38.2 Å². The zero-order chi connectivity index (χ0) is 18.8. The monoisotopic (exact) mass is 371 g/mol. The lowest BCUT2D eigenvalue weighted by Gasteiger charge is -2.46. The summed E-state index contributed by atoms with van der Waals surface area (Å²) in [4.78, 5) is 29.3. The van der Waals surface area contributed by atoms with E-state index in [4.69, 9.17) is 8.94 Å². The average molecular weight is 371 g/mol. The van der Waals surface area contributed by atoms with Crippen LogP contribution in [0.5, 0.6) is 0 Å². The van der Waals surface area contributed by atoms with Crippen molar-refractivity contribution < 1.29 is 18.5 Å². The van der Waals surface area contributed by atoms with Crippen LogP contribution in [0, 0.1) is 5.92 Å². The summed E-state index contributed by atoms with van der Waals surface area (Å²) in [7, 11) is 0. The number of fused-ring (bicyclic) bond motifs is 1. The summed E-state index contributed by atoms with van der Waals surface area (Å²) in [6.45, 7) is 4.09. The molecule has 4 rings (SSSR count). The largest absolute Gasteiger partial charge is 0.459 e. The van der Waals surface area contributed by atoms with Gasteiger partial charge in [-0.1, -0.05) is 12.1 Å². The molecular formula is C20H25N3O4. The Balaban J connectivity index is 1.45. The predicted molar refractivity (Wildman–Crippen MR) is 97.3 cm³/mol. The van der Waals surface area contributed by atoms with Crippen molar-refractivity contribution in [3.05, 3.63) is 41.7 Å². The molecule has 7 nitrogen and oxygen atoms in total. The summed E-state index contributed by atoms with van der Waals surface area (Å²) in [5.41, 5.74) is 0.396. The standard InChI is InChI=1S/C20H25N3O4/c1-2-5-15-12-16(21-27-15)19(24)23-9-3-6-14-13-22(10-8-17(14)23)20(25)18-7-4-11-26-18/h4,7,11-12,14,17H,2-3,5-6,8-10,13H2,1H3/t14-,17+/m1/s1. The smallest absolute Gasteiger partial charge is 0.289 e. The molecule has 2 aliphatic rings. The SMILES string of the molecule is CCCc1cc(C(=O)N2CCC[C@@H]3CN(C(=O)c4ccco4)CC[C@@H]32)no1. The molecule has 2 atom stereocenters. The minimum absolute atomic E-state index is 0.0541. The third-order valence-corrected chi connectivity index (χ3v) is 5.62. The molecule has 4 heterocycles. The Morgan fingerprint density at radius 3 is 2.93 bits per heavy atom. The Kier molecular flexibility index (Phi) is 5.01. The van der Waals surface area contributed by atoms with E-state index in [-0.39, 0.29) is 23.8 Å². The highest BCUT2D eigenvalue weighted by molar-refractivity contribution is 5.93. The zero-order valence-corrected chi connectivity index (χ0v) is 15.6. The molecule has 7 heteroatoms. The molecule has 0 radical (unpaired) electrons. The summed E-state index contributed by atoms with van der Waals surface area (Å²) in [6.07, 6.45) is 6.01. The normalized spacial score (nSPS) is 22.6. The number of amides is 2. The molecule has 0 bridgehead atoms. The number of carbonyl (C=O) groups excluding carboxylic acids is 2. The molecule has 0 N–H and O–H groups in total. The fraction of sp³-hybridized carbons (Fsp3) is 0.550. The second kappa shape index (κ2) is 7.58. The van der Waals surface area contributed by atoms with Crippen molar-refractivity contribution in [3.63, 3.8) is 0 Å². The van der Waals surface area contributed by atoms with Crippen molar-refractivity contribution in [2.24, 2.45) is 5.92 Å². The van der Waals surface area contributed by atoms with Crippen LogP contribution in [-0.4, -0.2) is 52.4 Å². The van der Waals surface area contributed by atoms with Crippen molar-refractivity contribution in [1.82, 2.24) is 15.0 Å². The highest BCUT2D eigenvalue weighted by Crippen LogP contribution is 2.32. The van der Waals surface area contributed by atoms with Crippen LogP contribution in [0.1, 0.15) is 59.4 Å². The van der Waals surface area contributed by atoms with E-state index in [1.165, 1.54) is 6.26 Å². The molecule has 0 aromatic carbocycles.